The van der Waals surface area contributed by atoms with E-state index in [1.807, 2.05) is 24.3 Å². The molecule has 1 aromatic carbocycles. The van der Waals surface area contributed by atoms with E-state index in [9.17, 15) is 0 Å². The molecule has 0 saturated carbocycles. The zero-order valence-corrected chi connectivity index (χ0v) is 8.99. The molecule has 0 bridgehead atoms. The minimum Gasteiger partial charge on any atom is -0.497 e. The number of benzene rings is 1. The van der Waals surface area contributed by atoms with Gasteiger partial charge >= 0.3 is 0 Å². The molecular formula is C12H19NO. The Kier molecular flexibility index (Phi) is 4.47. The molecule has 0 aliphatic heterocycles. The molecule has 0 unspecified atom stereocenters. The van der Waals surface area contributed by atoms with Crippen molar-refractivity contribution in [2.75, 3.05) is 7.11 Å². The minimum absolute atomic E-state index is 0.167. The molecule has 2 nitrogen and oxygen atoms in total. The van der Waals surface area contributed by atoms with Crippen molar-refractivity contribution < 1.29 is 4.74 Å². The smallest absolute Gasteiger partial charge is 0.118 e. The number of rotatable bonds is 5. The first-order valence-corrected chi connectivity index (χ1v) is 5.17. The molecule has 14 heavy (non-hydrogen) atoms. The summed E-state index contributed by atoms with van der Waals surface area (Å²) in [6, 6.07) is 8.17. The molecule has 0 heterocycles. The van der Waals surface area contributed by atoms with Crippen LogP contribution in [0.4, 0.5) is 0 Å². The average molecular weight is 193 g/mol. The number of hydrogen-bond acceptors (Lipinski definition) is 2. The highest BCUT2D eigenvalue weighted by Gasteiger charge is 2.04. The first-order valence-electron chi connectivity index (χ1n) is 5.17. The average Bonchev–Trinajstić information content (AvgIpc) is 2.26. The fourth-order valence-corrected chi connectivity index (χ4v) is 1.44. The highest BCUT2D eigenvalue weighted by molar-refractivity contribution is 5.28. The molecule has 0 aliphatic carbocycles. The van der Waals surface area contributed by atoms with Crippen LogP contribution in [0, 0.1) is 0 Å². The molecular weight excluding hydrogens is 174 g/mol. The van der Waals surface area contributed by atoms with E-state index < -0.39 is 0 Å². The Morgan fingerprint density at radius 2 is 1.93 bits per heavy atom. The summed E-state index contributed by atoms with van der Waals surface area (Å²) >= 11 is 0. The molecule has 2 heteroatoms. The molecule has 78 valence electrons. The Morgan fingerprint density at radius 1 is 1.29 bits per heavy atom. The van der Waals surface area contributed by atoms with Crippen molar-refractivity contribution in [2.45, 2.75) is 32.2 Å². The van der Waals surface area contributed by atoms with E-state index in [-0.39, 0.29) is 6.04 Å². The van der Waals surface area contributed by atoms with Gasteiger partial charge in [-0.25, -0.2) is 0 Å². The number of hydrogen-bond donors (Lipinski definition) is 1. The molecule has 2 N–H and O–H groups in total. The first kappa shape index (κ1) is 11.1. The lowest BCUT2D eigenvalue weighted by molar-refractivity contribution is 0.414. The van der Waals surface area contributed by atoms with Crippen LogP contribution in [0.3, 0.4) is 0 Å². The van der Waals surface area contributed by atoms with E-state index in [4.69, 9.17) is 10.5 Å². The first-order chi connectivity index (χ1) is 6.77. The summed E-state index contributed by atoms with van der Waals surface area (Å²) in [7, 11) is 1.67. The highest BCUT2D eigenvalue weighted by Crippen LogP contribution is 2.19. The molecule has 0 aliphatic rings. The fourth-order valence-electron chi connectivity index (χ4n) is 1.44. The number of unbranched alkanes of at least 4 members (excludes halogenated alkanes) is 1. The predicted molar refractivity (Wildman–Crippen MR) is 59.4 cm³/mol. The summed E-state index contributed by atoms with van der Waals surface area (Å²) in [4.78, 5) is 0. The Balaban J connectivity index is 2.57. The zero-order chi connectivity index (χ0) is 10.4. The van der Waals surface area contributed by atoms with Crippen LogP contribution < -0.4 is 10.5 Å². The van der Waals surface area contributed by atoms with Crippen LogP contribution in [0.2, 0.25) is 0 Å². The summed E-state index contributed by atoms with van der Waals surface area (Å²) in [5, 5.41) is 0. The van der Waals surface area contributed by atoms with E-state index in [1.54, 1.807) is 7.11 Å². The summed E-state index contributed by atoms with van der Waals surface area (Å²) < 4.78 is 5.09. The number of ether oxygens (including phenoxy) is 1. The van der Waals surface area contributed by atoms with Gasteiger partial charge < -0.3 is 10.5 Å². The van der Waals surface area contributed by atoms with Crippen LogP contribution in [-0.2, 0) is 0 Å². The highest BCUT2D eigenvalue weighted by atomic mass is 16.5. The van der Waals surface area contributed by atoms with Gasteiger partial charge in [-0.05, 0) is 24.1 Å². The summed E-state index contributed by atoms with van der Waals surface area (Å²) in [5.74, 6) is 0.886. The minimum atomic E-state index is 0.167. The van der Waals surface area contributed by atoms with Gasteiger partial charge in [0.25, 0.3) is 0 Å². The van der Waals surface area contributed by atoms with E-state index in [1.165, 1.54) is 18.4 Å². The second-order valence-corrected chi connectivity index (χ2v) is 3.52. The zero-order valence-electron chi connectivity index (χ0n) is 8.99. The topological polar surface area (TPSA) is 35.2 Å². The lowest BCUT2D eigenvalue weighted by Gasteiger charge is -2.11. The molecule has 0 aromatic heterocycles. The maximum Gasteiger partial charge on any atom is 0.118 e. The fraction of sp³-hybridized carbons (Fsp3) is 0.500. The van der Waals surface area contributed by atoms with Crippen LogP contribution in [0.5, 0.6) is 5.75 Å². The second-order valence-electron chi connectivity index (χ2n) is 3.52. The van der Waals surface area contributed by atoms with E-state index in [2.05, 4.69) is 6.92 Å². The van der Waals surface area contributed by atoms with Crippen molar-refractivity contribution in [3.63, 3.8) is 0 Å². The summed E-state index contributed by atoms with van der Waals surface area (Å²) in [5.41, 5.74) is 7.23. The molecule has 1 atom stereocenters. The van der Waals surface area contributed by atoms with Crippen molar-refractivity contribution in [1.82, 2.24) is 0 Å². The monoisotopic (exact) mass is 193 g/mol. The van der Waals surface area contributed by atoms with Crippen molar-refractivity contribution in [1.29, 1.82) is 0 Å². The van der Waals surface area contributed by atoms with Crippen LogP contribution in [-0.4, -0.2) is 7.11 Å². The largest absolute Gasteiger partial charge is 0.497 e. The Morgan fingerprint density at radius 3 is 2.43 bits per heavy atom. The third-order valence-corrected chi connectivity index (χ3v) is 2.41. The van der Waals surface area contributed by atoms with Crippen molar-refractivity contribution in [2.24, 2.45) is 5.73 Å². The summed E-state index contributed by atoms with van der Waals surface area (Å²) in [6.07, 6.45) is 3.44. The lowest BCUT2D eigenvalue weighted by Crippen LogP contribution is -2.09. The Bertz CT molecular complexity index is 256. The van der Waals surface area contributed by atoms with Crippen LogP contribution in [0.15, 0.2) is 24.3 Å². The Hall–Kier alpha value is -1.02. The maximum atomic E-state index is 6.03. The van der Waals surface area contributed by atoms with Crippen LogP contribution >= 0.6 is 0 Å². The van der Waals surface area contributed by atoms with Crippen molar-refractivity contribution >= 4 is 0 Å². The van der Waals surface area contributed by atoms with E-state index >= 15 is 0 Å². The summed E-state index contributed by atoms with van der Waals surface area (Å²) in [6.45, 7) is 2.18. The molecule has 0 fully saturated rings. The molecule has 0 saturated heterocycles. The number of methoxy groups -OCH3 is 1. The number of nitrogens with two attached hydrogens (primary N) is 1. The molecule has 0 spiro atoms. The van der Waals surface area contributed by atoms with Gasteiger partial charge in [0.2, 0.25) is 0 Å². The third kappa shape index (κ3) is 3.04. The Labute approximate surface area is 86.1 Å². The van der Waals surface area contributed by atoms with Gasteiger partial charge in [-0.15, -0.1) is 0 Å². The van der Waals surface area contributed by atoms with Crippen molar-refractivity contribution in [3.8, 4) is 5.75 Å². The van der Waals surface area contributed by atoms with E-state index in [0.29, 0.717) is 0 Å². The predicted octanol–water partition coefficient (Wildman–Crippen LogP) is 2.89. The lowest BCUT2D eigenvalue weighted by atomic mass is 10.0. The van der Waals surface area contributed by atoms with Gasteiger partial charge in [0.1, 0.15) is 5.75 Å². The van der Waals surface area contributed by atoms with Gasteiger partial charge in [-0.1, -0.05) is 31.9 Å². The van der Waals surface area contributed by atoms with Gasteiger partial charge in [0, 0.05) is 6.04 Å². The normalized spacial score (nSPS) is 12.5. The molecule has 0 amide bonds. The van der Waals surface area contributed by atoms with Gasteiger partial charge in [-0.3, -0.25) is 0 Å². The molecule has 1 rings (SSSR count). The van der Waals surface area contributed by atoms with Gasteiger partial charge in [0.05, 0.1) is 7.11 Å². The maximum absolute atomic E-state index is 6.03. The third-order valence-electron chi connectivity index (χ3n) is 2.41. The molecule has 0 radical (unpaired) electrons. The SMILES string of the molecule is CCCC[C@H](N)c1ccc(OC)cc1. The van der Waals surface area contributed by atoms with Gasteiger partial charge in [0.15, 0.2) is 0 Å². The van der Waals surface area contributed by atoms with E-state index in [0.717, 1.165) is 12.2 Å². The van der Waals surface area contributed by atoms with Crippen molar-refractivity contribution in [3.05, 3.63) is 29.8 Å². The van der Waals surface area contributed by atoms with Gasteiger partial charge in [-0.2, -0.15) is 0 Å². The van der Waals surface area contributed by atoms with Crippen LogP contribution in [0.25, 0.3) is 0 Å². The van der Waals surface area contributed by atoms with Crippen LogP contribution in [0.1, 0.15) is 37.8 Å². The standard InChI is InChI=1S/C12H19NO/c1-3-4-5-12(13)10-6-8-11(14-2)9-7-10/h6-9,12H,3-5,13H2,1-2H3/t12-/m0/s1. The second kappa shape index (κ2) is 5.66. The molecule has 1 aromatic rings. The quantitative estimate of drug-likeness (QED) is 0.780.